The minimum atomic E-state index is -0.902. The fourth-order valence-electron chi connectivity index (χ4n) is 3.55. The average Bonchev–Trinajstić information content (AvgIpc) is 3.52. The fourth-order valence-corrected chi connectivity index (χ4v) is 4.57. The Kier molecular flexibility index (Phi) is 4.52. The molecule has 1 unspecified atom stereocenters. The molecule has 8 nitrogen and oxygen atoms in total. The smallest absolute Gasteiger partial charge is 0.296 e. The molecule has 0 bridgehead atoms. The van der Waals surface area contributed by atoms with Crippen molar-refractivity contribution in [2.45, 2.75) is 6.04 Å². The molecular formula is C22H15N3O5S. The first-order chi connectivity index (χ1) is 15.1. The van der Waals surface area contributed by atoms with Crippen LogP contribution in [0.2, 0.25) is 0 Å². The molecule has 1 aliphatic rings. The molecule has 1 atom stereocenters. The second-order valence-corrected chi connectivity index (χ2v) is 7.77. The minimum absolute atomic E-state index is 0.0270. The Morgan fingerprint density at radius 3 is 2.84 bits per heavy atom. The number of ketones is 1. The van der Waals surface area contributed by atoms with E-state index in [1.165, 1.54) is 28.6 Å². The number of pyridine rings is 1. The fraction of sp³-hybridized carbons (Fsp3) is 0.0909. The van der Waals surface area contributed by atoms with Gasteiger partial charge in [0.1, 0.15) is 5.75 Å². The number of thiazole rings is 1. The average molecular weight is 433 g/mol. The van der Waals surface area contributed by atoms with Crippen molar-refractivity contribution in [1.82, 2.24) is 9.97 Å². The summed E-state index contributed by atoms with van der Waals surface area (Å²) in [7, 11) is 1.57. The number of rotatable bonds is 5. The number of aromatic nitrogens is 2. The molecule has 5 rings (SSSR count). The number of carbonyl (C=O) groups excluding carboxylic acids is 2. The van der Waals surface area contributed by atoms with Gasteiger partial charge in [-0.2, -0.15) is 0 Å². The van der Waals surface area contributed by atoms with Crippen LogP contribution in [0.5, 0.6) is 5.75 Å². The van der Waals surface area contributed by atoms with Crippen molar-refractivity contribution in [3.8, 4) is 5.75 Å². The predicted octanol–water partition coefficient (Wildman–Crippen LogP) is 4.08. The van der Waals surface area contributed by atoms with Gasteiger partial charge in [-0.1, -0.05) is 17.4 Å². The third-order valence-corrected chi connectivity index (χ3v) is 6.01. The number of anilines is 1. The van der Waals surface area contributed by atoms with Crippen LogP contribution in [0.25, 0.3) is 10.2 Å². The molecule has 1 N–H and O–H groups in total. The van der Waals surface area contributed by atoms with Gasteiger partial charge in [0, 0.05) is 12.4 Å². The van der Waals surface area contributed by atoms with Gasteiger partial charge in [-0.25, -0.2) is 4.98 Å². The number of hydrogen-bond acceptors (Lipinski definition) is 8. The first kappa shape index (κ1) is 19.0. The number of carbonyl (C=O) groups is 2. The first-order valence-corrected chi connectivity index (χ1v) is 10.1. The quantitative estimate of drug-likeness (QED) is 0.473. The van der Waals surface area contributed by atoms with Crippen LogP contribution in [-0.2, 0) is 4.79 Å². The molecule has 4 aromatic rings. The van der Waals surface area contributed by atoms with Crippen LogP contribution < -0.4 is 9.64 Å². The molecule has 3 aromatic heterocycles. The summed E-state index contributed by atoms with van der Waals surface area (Å²) in [6.45, 7) is 0. The first-order valence-electron chi connectivity index (χ1n) is 9.28. The normalized spacial score (nSPS) is 16.4. The Morgan fingerprint density at radius 2 is 2.13 bits per heavy atom. The van der Waals surface area contributed by atoms with Gasteiger partial charge in [-0.05, 0) is 42.0 Å². The number of methoxy groups -OCH3 is 1. The Labute approximate surface area is 180 Å². The summed E-state index contributed by atoms with van der Waals surface area (Å²) in [6.07, 6.45) is 4.50. The Morgan fingerprint density at radius 1 is 1.26 bits per heavy atom. The maximum atomic E-state index is 13.1. The summed E-state index contributed by atoms with van der Waals surface area (Å²) in [5, 5.41) is 11.1. The molecule has 4 heterocycles. The summed E-state index contributed by atoms with van der Waals surface area (Å²) >= 11 is 1.26. The van der Waals surface area contributed by atoms with Crippen LogP contribution in [0.3, 0.4) is 0 Å². The molecule has 0 saturated carbocycles. The molecule has 0 fully saturated rings. The van der Waals surface area contributed by atoms with Crippen LogP contribution >= 0.6 is 11.3 Å². The van der Waals surface area contributed by atoms with E-state index >= 15 is 0 Å². The molecule has 1 aromatic carbocycles. The number of fused-ring (bicyclic) bond motifs is 1. The number of amides is 1. The summed E-state index contributed by atoms with van der Waals surface area (Å²) in [5.74, 6) is -1.23. The summed E-state index contributed by atoms with van der Waals surface area (Å²) in [5.41, 5.74) is 1.15. The van der Waals surface area contributed by atoms with Crippen LogP contribution in [-0.4, -0.2) is 33.9 Å². The highest BCUT2D eigenvalue weighted by molar-refractivity contribution is 7.22. The van der Waals surface area contributed by atoms with Crippen molar-refractivity contribution in [3.63, 3.8) is 0 Å². The summed E-state index contributed by atoms with van der Waals surface area (Å²) < 4.78 is 11.3. The topological polar surface area (TPSA) is 106 Å². The van der Waals surface area contributed by atoms with Crippen LogP contribution in [0.15, 0.2) is 76.9 Å². The van der Waals surface area contributed by atoms with E-state index in [1.807, 2.05) is 6.07 Å². The number of furan rings is 1. The minimum Gasteiger partial charge on any atom is -0.503 e. The lowest BCUT2D eigenvalue weighted by Crippen LogP contribution is -2.31. The zero-order valence-electron chi connectivity index (χ0n) is 16.2. The van der Waals surface area contributed by atoms with Gasteiger partial charge >= 0.3 is 0 Å². The van der Waals surface area contributed by atoms with Crippen LogP contribution in [0.4, 0.5) is 5.13 Å². The predicted molar refractivity (Wildman–Crippen MR) is 113 cm³/mol. The third kappa shape index (κ3) is 3.06. The van der Waals surface area contributed by atoms with Crippen molar-refractivity contribution in [2.24, 2.45) is 0 Å². The second kappa shape index (κ2) is 7.37. The lowest BCUT2D eigenvalue weighted by atomic mass is 9.96. The van der Waals surface area contributed by atoms with Gasteiger partial charge in [0.05, 0.1) is 35.2 Å². The highest BCUT2D eigenvalue weighted by Gasteiger charge is 2.46. The van der Waals surface area contributed by atoms with Gasteiger partial charge in [0.25, 0.3) is 5.91 Å². The monoisotopic (exact) mass is 433 g/mol. The maximum Gasteiger partial charge on any atom is 0.296 e. The van der Waals surface area contributed by atoms with Gasteiger partial charge in [0.2, 0.25) is 5.78 Å². The molecule has 0 aliphatic carbocycles. The SMILES string of the molecule is COc1ccc2nc(N3C(=O)C(O)=C(C(=O)c4ccco4)C3c3cccnc3)sc2c1. The molecule has 0 radical (unpaired) electrons. The molecule has 1 amide bonds. The third-order valence-electron chi connectivity index (χ3n) is 4.99. The molecule has 0 saturated heterocycles. The molecule has 31 heavy (non-hydrogen) atoms. The lowest BCUT2D eigenvalue weighted by Gasteiger charge is -2.23. The summed E-state index contributed by atoms with van der Waals surface area (Å²) in [4.78, 5) is 36.3. The molecule has 154 valence electrons. The van der Waals surface area contributed by atoms with E-state index < -0.39 is 23.5 Å². The standard InChI is InChI=1S/C22H15N3O5S/c1-29-13-6-7-14-16(10-13)31-22(24-14)25-18(12-4-2-8-23-11-12)17(20(27)21(25)28)19(26)15-5-3-9-30-15/h2-11,18,27H,1H3. The number of Topliss-reactive ketones (excluding diaryl/α,β-unsaturated/α-hetero) is 1. The number of nitrogens with zero attached hydrogens (tertiary/aromatic N) is 3. The van der Waals surface area contributed by atoms with E-state index in [0.29, 0.717) is 22.0 Å². The van der Waals surface area contributed by atoms with E-state index in [9.17, 15) is 14.7 Å². The van der Waals surface area contributed by atoms with E-state index in [0.717, 1.165) is 4.70 Å². The Balaban J connectivity index is 1.66. The van der Waals surface area contributed by atoms with Crippen molar-refractivity contribution in [2.75, 3.05) is 12.0 Å². The number of hydrogen-bond donors (Lipinski definition) is 1. The van der Waals surface area contributed by atoms with Gasteiger partial charge < -0.3 is 14.3 Å². The number of benzene rings is 1. The van der Waals surface area contributed by atoms with Crippen molar-refractivity contribution in [1.29, 1.82) is 0 Å². The number of aliphatic hydroxyl groups is 1. The Bertz CT molecular complexity index is 1330. The van der Waals surface area contributed by atoms with E-state index in [1.54, 1.807) is 49.8 Å². The van der Waals surface area contributed by atoms with Crippen LogP contribution in [0.1, 0.15) is 22.2 Å². The second-order valence-electron chi connectivity index (χ2n) is 6.76. The summed E-state index contributed by atoms with van der Waals surface area (Å²) in [6, 6.07) is 11.0. The van der Waals surface area contributed by atoms with E-state index in [4.69, 9.17) is 9.15 Å². The molecule has 0 spiro atoms. The molecular weight excluding hydrogens is 418 g/mol. The number of aliphatic hydroxyl groups excluding tert-OH is 1. The van der Waals surface area contributed by atoms with Crippen molar-refractivity contribution < 1.29 is 23.8 Å². The highest BCUT2D eigenvalue weighted by atomic mass is 32.1. The zero-order chi connectivity index (χ0) is 21.5. The van der Waals surface area contributed by atoms with Crippen molar-refractivity contribution >= 4 is 38.4 Å². The van der Waals surface area contributed by atoms with Gasteiger partial charge in [0.15, 0.2) is 16.7 Å². The van der Waals surface area contributed by atoms with Crippen molar-refractivity contribution in [3.05, 3.63) is 83.8 Å². The lowest BCUT2D eigenvalue weighted by molar-refractivity contribution is -0.117. The largest absolute Gasteiger partial charge is 0.503 e. The molecule has 9 heteroatoms. The highest BCUT2D eigenvalue weighted by Crippen LogP contribution is 2.44. The molecule has 1 aliphatic heterocycles. The number of ether oxygens (including phenoxy) is 1. The maximum absolute atomic E-state index is 13.1. The van der Waals surface area contributed by atoms with Gasteiger partial charge in [-0.3, -0.25) is 19.5 Å². The van der Waals surface area contributed by atoms with E-state index in [-0.39, 0.29) is 11.3 Å². The zero-order valence-corrected chi connectivity index (χ0v) is 17.0. The van der Waals surface area contributed by atoms with E-state index in [2.05, 4.69) is 9.97 Å². The van der Waals surface area contributed by atoms with Crippen LogP contribution in [0, 0.1) is 0 Å². The Hall–Kier alpha value is -3.98. The van der Waals surface area contributed by atoms with Gasteiger partial charge in [-0.15, -0.1) is 0 Å².